The summed E-state index contributed by atoms with van der Waals surface area (Å²) in [6.45, 7) is 2.01. The molecule has 1 aromatic heterocycles. The average Bonchev–Trinajstić information content (AvgIpc) is 3.26. The zero-order valence-electron chi connectivity index (χ0n) is 17.4. The molecule has 0 saturated carbocycles. The van der Waals surface area contributed by atoms with Crippen molar-refractivity contribution >= 4 is 16.8 Å². The molecule has 30 heavy (non-hydrogen) atoms. The number of carbonyl (C=O) groups is 1. The molecule has 5 rings (SSSR count). The van der Waals surface area contributed by atoms with Crippen molar-refractivity contribution in [3.63, 3.8) is 0 Å². The quantitative estimate of drug-likeness (QED) is 0.717. The third-order valence-corrected chi connectivity index (χ3v) is 6.51. The van der Waals surface area contributed by atoms with Crippen LogP contribution >= 0.6 is 0 Å². The SMILES string of the molecule is COc1cc2c(cc1OC)C1(CCN(C(=O)c3ccc4[nH]ccc4c3)CC1)OCC2. The van der Waals surface area contributed by atoms with Crippen LogP contribution in [0.3, 0.4) is 0 Å². The predicted octanol–water partition coefficient (Wildman–Crippen LogP) is 3.89. The monoisotopic (exact) mass is 406 g/mol. The minimum atomic E-state index is -0.367. The highest BCUT2D eigenvalue weighted by molar-refractivity contribution is 5.98. The molecule has 1 fully saturated rings. The van der Waals surface area contributed by atoms with Crippen LogP contribution in [0.1, 0.15) is 34.3 Å². The number of likely N-dealkylation sites (tertiary alicyclic amines) is 1. The molecule has 6 heteroatoms. The lowest BCUT2D eigenvalue weighted by atomic mass is 9.79. The lowest BCUT2D eigenvalue weighted by molar-refractivity contribution is -0.0936. The second-order valence-corrected chi connectivity index (χ2v) is 8.03. The average molecular weight is 406 g/mol. The van der Waals surface area contributed by atoms with E-state index in [0.717, 1.165) is 47.2 Å². The van der Waals surface area contributed by atoms with Gasteiger partial charge in [-0.2, -0.15) is 0 Å². The molecular weight excluding hydrogens is 380 g/mol. The van der Waals surface area contributed by atoms with Crippen LogP contribution in [0.25, 0.3) is 10.9 Å². The first kappa shape index (κ1) is 19.0. The predicted molar refractivity (Wildman–Crippen MR) is 114 cm³/mol. The molecule has 1 N–H and O–H groups in total. The molecule has 2 aromatic carbocycles. The first-order valence-electron chi connectivity index (χ1n) is 10.4. The molecular formula is C24H26N2O4. The summed E-state index contributed by atoms with van der Waals surface area (Å²) in [5.74, 6) is 1.55. The Hall–Kier alpha value is -2.99. The first-order valence-corrected chi connectivity index (χ1v) is 10.4. The summed E-state index contributed by atoms with van der Waals surface area (Å²) in [5, 5.41) is 1.06. The van der Waals surface area contributed by atoms with Gasteiger partial charge in [0.25, 0.3) is 5.91 Å². The van der Waals surface area contributed by atoms with Crippen LogP contribution in [0, 0.1) is 0 Å². The molecule has 1 spiro atoms. The van der Waals surface area contributed by atoms with E-state index >= 15 is 0 Å². The van der Waals surface area contributed by atoms with Crippen molar-refractivity contribution in [2.45, 2.75) is 24.9 Å². The molecule has 0 unspecified atom stereocenters. The molecule has 1 amide bonds. The highest BCUT2D eigenvalue weighted by Crippen LogP contribution is 2.45. The Morgan fingerprint density at radius 2 is 1.83 bits per heavy atom. The van der Waals surface area contributed by atoms with Crippen molar-refractivity contribution in [2.24, 2.45) is 0 Å². The van der Waals surface area contributed by atoms with Gasteiger partial charge in [0.05, 0.1) is 26.4 Å². The maximum atomic E-state index is 13.1. The molecule has 0 atom stereocenters. The maximum absolute atomic E-state index is 13.1. The van der Waals surface area contributed by atoms with E-state index in [1.807, 2.05) is 35.4 Å². The van der Waals surface area contributed by atoms with Crippen LogP contribution in [-0.2, 0) is 16.8 Å². The van der Waals surface area contributed by atoms with Crippen molar-refractivity contribution in [1.29, 1.82) is 0 Å². The second kappa shape index (κ2) is 7.36. The fourth-order valence-electron chi connectivity index (χ4n) is 4.84. The number of H-pyrrole nitrogens is 1. The Morgan fingerprint density at radius 3 is 2.60 bits per heavy atom. The summed E-state index contributed by atoms with van der Waals surface area (Å²) in [6, 6.07) is 11.9. The van der Waals surface area contributed by atoms with Gasteiger partial charge in [-0.15, -0.1) is 0 Å². The van der Waals surface area contributed by atoms with Crippen molar-refractivity contribution in [2.75, 3.05) is 33.9 Å². The van der Waals surface area contributed by atoms with E-state index in [-0.39, 0.29) is 11.5 Å². The van der Waals surface area contributed by atoms with Gasteiger partial charge < -0.3 is 24.1 Å². The highest BCUT2D eigenvalue weighted by atomic mass is 16.5. The zero-order valence-corrected chi connectivity index (χ0v) is 17.4. The molecule has 156 valence electrons. The van der Waals surface area contributed by atoms with Crippen molar-refractivity contribution in [1.82, 2.24) is 9.88 Å². The molecule has 6 nitrogen and oxygen atoms in total. The number of ether oxygens (including phenoxy) is 3. The van der Waals surface area contributed by atoms with Gasteiger partial charge in [-0.05, 0) is 66.8 Å². The van der Waals surface area contributed by atoms with Crippen molar-refractivity contribution in [3.8, 4) is 11.5 Å². The smallest absolute Gasteiger partial charge is 0.253 e. The first-order chi connectivity index (χ1) is 14.6. The number of rotatable bonds is 3. The summed E-state index contributed by atoms with van der Waals surface area (Å²) in [6.07, 6.45) is 4.29. The molecule has 3 heterocycles. The third-order valence-electron chi connectivity index (χ3n) is 6.51. The number of nitrogens with zero attached hydrogens (tertiary/aromatic N) is 1. The zero-order chi connectivity index (χ0) is 20.7. The minimum absolute atomic E-state index is 0.0799. The lowest BCUT2D eigenvalue weighted by Crippen LogP contribution is -2.48. The standard InChI is InChI=1S/C24H26N2O4/c1-28-21-14-16-6-12-30-24(19(16)15-22(21)29-2)7-10-26(11-8-24)23(27)18-3-4-20-17(13-18)5-9-25-20/h3-5,9,13-15,25H,6-8,10-12H2,1-2H3. The molecule has 1 saturated heterocycles. The minimum Gasteiger partial charge on any atom is -0.493 e. The van der Waals surface area contributed by atoms with E-state index in [2.05, 4.69) is 17.1 Å². The number of aromatic amines is 1. The molecule has 0 radical (unpaired) electrons. The summed E-state index contributed by atoms with van der Waals surface area (Å²) >= 11 is 0. The Kier molecular flexibility index (Phi) is 4.66. The van der Waals surface area contributed by atoms with Crippen molar-refractivity contribution in [3.05, 3.63) is 59.3 Å². The number of carbonyl (C=O) groups excluding carboxylic acids is 1. The number of hydrogen-bond acceptors (Lipinski definition) is 4. The van der Waals surface area contributed by atoms with E-state index < -0.39 is 0 Å². The van der Waals surface area contributed by atoms with Crippen LogP contribution in [0.15, 0.2) is 42.6 Å². The van der Waals surface area contributed by atoms with Gasteiger partial charge in [0.2, 0.25) is 0 Å². The van der Waals surface area contributed by atoms with Gasteiger partial charge in [-0.25, -0.2) is 0 Å². The maximum Gasteiger partial charge on any atom is 0.253 e. The normalized spacial score (nSPS) is 17.7. The van der Waals surface area contributed by atoms with Crippen LogP contribution in [0.4, 0.5) is 0 Å². The number of amides is 1. The van der Waals surface area contributed by atoms with Crippen LogP contribution in [-0.4, -0.2) is 49.7 Å². The Bertz CT molecular complexity index is 1100. The fraction of sp³-hybridized carbons (Fsp3) is 0.375. The summed E-state index contributed by atoms with van der Waals surface area (Å²) in [4.78, 5) is 18.2. The van der Waals surface area contributed by atoms with Crippen LogP contribution < -0.4 is 9.47 Å². The topological polar surface area (TPSA) is 63.8 Å². The number of benzene rings is 2. The van der Waals surface area contributed by atoms with E-state index in [9.17, 15) is 4.79 Å². The van der Waals surface area contributed by atoms with Crippen LogP contribution in [0.2, 0.25) is 0 Å². The van der Waals surface area contributed by atoms with Crippen LogP contribution in [0.5, 0.6) is 11.5 Å². The number of nitrogens with one attached hydrogen (secondary N) is 1. The molecule has 2 aliphatic rings. The number of aromatic nitrogens is 1. The Labute approximate surface area is 175 Å². The molecule has 0 bridgehead atoms. The third kappa shape index (κ3) is 3.03. The van der Waals surface area contributed by atoms with Gasteiger partial charge in [0.15, 0.2) is 11.5 Å². The second-order valence-electron chi connectivity index (χ2n) is 8.03. The Balaban J connectivity index is 1.38. The molecule has 3 aromatic rings. The number of hydrogen-bond donors (Lipinski definition) is 1. The van der Waals surface area contributed by atoms with Gasteiger partial charge in [0.1, 0.15) is 0 Å². The van der Waals surface area contributed by atoms with E-state index in [0.29, 0.717) is 19.7 Å². The number of piperidine rings is 1. The Morgan fingerprint density at radius 1 is 1.07 bits per heavy atom. The lowest BCUT2D eigenvalue weighted by Gasteiger charge is -2.45. The summed E-state index contributed by atoms with van der Waals surface area (Å²) < 4.78 is 17.4. The highest BCUT2D eigenvalue weighted by Gasteiger charge is 2.42. The summed E-state index contributed by atoms with van der Waals surface area (Å²) in [5.41, 5.74) is 3.83. The van der Waals surface area contributed by atoms with E-state index in [4.69, 9.17) is 14.2 Å². The molecule has 2 aliphatic heterocycles. The van der Waals surface area contributed by atoms with E-state index in [1.54, 1.807) is 14.2 Å². The summed E-state index contributed by atoms with van der Waals surface area (Å²) in [7, 11) is 3.32. The van der Waals surface area contributed by atoms with Crippen molar-refractivity contribution < 1.29 is 19.0 Å². The number of fused-ring (bicyclic) bond motifs is 3. The fourth-order valence-corrected chi connectivity index (χ4v) is 4.84. The van der Waals surface area contributed by atoms with Gasteiger partial charge >= 0.3 is 0 Å². The van der Waals surface area contributed by atoms with E-state index in [1.165, 1.54) is 11.1 Å². The van der Waals surface area contributed by atoms with Gasteiger partial charge in [-0.3, -0.25) is 4.79 Å². The van der Waals surface area contributed by atoms with Gasteiger partial charge in [-0.1, -0.05) is 0 Å². The largest absolute Gasteiger partial charge is 0.493 e. The number of methoxy groups -OCH3 is 2. The van der Waals surface area contributed by atoms with Gasteiger partial charge in [0, 0.05) is 35.8 Å². The molecule has 0 aliphatic carbocycles.